The van der Waals surface area contributed by atoms with E-state index in [4.69, 9.17) is 11.6 Å². The predicted octanol–water partition coefficient (Wildman–Crippen LogP) is 2.99. The fourth-order valence-electron chi connectivity index (χ4n) is 2.48. The SMILES string of the molecule is CCN(CC)CCSc1cc2c(cc1Cl)C(NC)C(=O)N2. The first-order valence-corrected chi connectivity index (χ1v) is 8.63. The lowest BCUT2D eigenvalue weighted by molar-refractivity contribution is -0.117. The summed E-state index contributed by atoms with van der Waals surface area (Å²) in [6.45, 7) is 7.51. The quantitative estimate of drug-likeness (QED) is 0.756. The number of fused-ring (bicyclic) bond motifs is 1. The second kappa shape index (κ2) is 7.49. The van der Waals surface area contributed by atoms with Crippen LogP contribution in [0.3, 0.4) is 0 Å². The van der Waals surface area contributed by atoms with Crippen LogP contribution in [0.4, 0.5) is 5.69 Å². The van der Waals surface area contributed by atoms with Gasteiger partial charge in [0.05, 0.1) is 5.02 Å². The van der Waals surface area contributed by atoms with Crippen LogP contribution in [0, 0.1) is 0 Å². The molecule has 0 spiro atoms. The zero-order valence-electron chi connectivity index (χ0n) is 12.7. The molecule has 0 aromatic heterocycles. The Kier molecular flexibility index (Phi) is 5.93. The van der Waals surface area contributed by atoms with Gasteiger partial charge in [0, 0.05) is 28.4 Å². The van der Waals surface area contributed by atoms with Gasteiger partial charge in [0.2, 0.25) is 5.91 Å². The Labute approximate surface area is 135 Å². The van der Waals surface area contributed by atoms with Crippen molar-refractivity contribution in [3.8, 4) is 0 Å². The number of carbonyl (C=O) groups is 1. The highest BCUT2D eigenvalue weighted by Crippen LogP contribution is 2.38. The van der Waals surface area contributed by atoms with Gasteiger partial charge in [-0.2, -0.15) is 0 Å². The van der Waals surface area contributed by atoms with E-state index in [1.165, 1.54) is 0 Å². The second-order valence-electron chi connectivity index (χ2n) is 4.96. The number of hydrogen-bond donors (Lipinski definition) is 2. The Morgan fingerprint density at radius 2 is 2.10 bits per heavy atom. The Bertz CT molecular complexity index is 520. The first-order chi connectivity index (χ1) is 10.1. The van der Waals surface area contributed by atoms with Gasteiger partial charge in [0.25, 0.3) is 0 Å². The van der Waals surface area contributed by atoms with E-state index >= 15 is 0 Å². The van der Waals surface area contributed by atoms with Gasteiger partial charge >= 0.3 is 0 Å². The van der Waals surface area contributed by atoms with Gasteiger partial charge in [-0.3, -0.25) is 4.79 Å². The third kappa shape index (κ3) is 3.72. The summed E-state index contributed by atoms with van der Waals surface area (Å²) in [4.78, 5) is 15.2. The zero-order valence-corrected chi connectivity index (χ0v) is 14.3. The zero-order chi connectivity index (χ0) is 15.4. The maximum Gasteiger partial charge on any atom is 0.246 e. The van der Waals surface area contributed by atoms with Crippen LogP contribution in [0.5, 0.6) is 0 Å². The molecule has 116 valence electrons. The van der Waals surface area contributed by atoms with Crippen molar-refractivity contribution in [1.29, 1.82) is 0 Å². The largest absolute Gasteiger partial charge is 0.324 e. The lowest BCUT2D eigenvalue weighted by atomic mass is 10.1. The van der Waals surface area contributed by atoms with Crippen molar-refractivity contribution >= 4 is 35.0 Å². The molecular formula is C15H22ClN3OS. The van der Waals surface area contributed by atoms with Crippen LogP contribution in [0.1, 0.15) is 25.5 Å². The van der Waals surface area contributed by atoms with Crippen LogP contribution in [0.2, 0.25) is 5.02 Å². The van der Waals surface area contributed by atoms with Crippen LogP contribution < -0.4 is 10.6 Å². The summed E-state index contributed by atoms with van der Waals surface area (Å²) in [5, 5.41) is 6.63. The minimum Gasteiger partial charge on any atom is -0.324 e. The molecule has 2 N–H and O–H groups in total. The molecule has 0 radical (unpaired) electrons. The summed E-state index contributed by atoms with van der Waals surface area (Å²) < 4.78 is 0. The normalized spacial score (nSPS) is 17.2. The van der Waals surface area contributed by atoms with Crippen molar-refractivity contribution in [2.24, 2.45) is 0 Å². The third-order valence-corrected chi connectivity index (χ3v) is 5.24. The molecule has 6 heteroatoms. The number of thioether (sulfide) groups is 1. The van der Waals surface area contributed by atoms with E-state index in [9.17, 15) is 4.79 Å². The van der Waals surface area contributed by atoms with E-state index in [1.54, 1.807) is 18.8 Å². The molecule has 1 aromatic carbocycles. The molecule has 1 atom stereocenters. The second-order valence-corrected chi connectivity index (χ2v) is 6.50. The average Bonchev–Trinajstić information content (AvgIpc) is 2.78. The minimum absolute atomic E-state index is 0.0196. The maximum atomic E-state index is 11.8. The van der Waals surface area contributed by atoms with Crippen LogP contribution >= 0.6 is 23.4 Å². The summed E-state index contributed by atoms with van der Waals surface area (Å²) in [6, 6.07) is 3.59. The van der Waals surface area contributed by atoms with Gasteiger partial charge < -0.3 is 15.5 Å². The van der Waals surface area contributed by atoms with Gasteiger partial charge in [0.1, 0.15) is 6.04 Å². The average molecular weight is 328 g/mol. The summed E-state index contributed by atoms with van der Waals surface area (Å²) in [5.41, 5.74) is 1.80. The molecule has 4 nitrogen and oxygen atoms in total. The van der Waals surface area contributed by atoms with Crippen LogP contribution in [0.25, 0.3) is 0 Å². The third-order valence-electron chi connectivity index (χ3n) is 3.78. The molecule has 1 aromatic rings. The van der Waals surface area contributed by atoms with Crippen molar-refractivity contribution in [1.82, 2.24) is 10.2 Å². The molecule has 0 saturated carbocycles. The Hall–Kier alpha value is -0.750. The fraction of sp³-hybridized carbons (Fsp3) is 0.533. The first-order valence-electron chi connectivity index (χ1n) is 7.27. The monoisotopic (exact) mass is 327 g/mol. The van der Waals surface area contributed by atoms with Gasteiger partial charge in [-0.25, -0.2) is 0 Å². The number of amides is 1. The standard InChI is InChI=1S/C15H22ClN3OS/c1-4-19(5-2)6-7-21-13-9-12-10(8-11(13)16)14(17-3)15(20)18-12/h8-9,14,17H,4-7H2,1-3H3,(H,18,20). The number of hydrogen-bond acceptors (Lipinski definition) is 4. The number of likely N-dealkylation sites (N-methyl/N-ethyl adjacent to an activating group) is 1. The maximum absolute atomic E-state index is 11.8. The smallest absolute Gasteiger partial charge is 0.246 e. The summed E-state index contributed by atoms with van der Waals surface area (Å²) in [5.74, 6) is 0.970. The van der Waals surface area contributed by atoms with Crippen molar-refractivity contribution in [3.63, 3.8) is 0 Å². The number of benzene rings is 1. The molecule has 2 rings (SSSR count). The molecule has 0 fully saturated rings. The molecule has 1 aliphatic rings. The van der Waals surface area contributed by atoms with Crippen LogP contribution in [-0.4, -0.2) is 43.2 Å². The van der Waals surface area contributed by atoms with Gasteiger partial charge in [-0.05, 0) is 32.3 Å². The topological polar surface area (TPSA) is 44.4 Å². The van der Waals surface area contributed by atoms with Crippen molar-refractivity contribution in [2.45, 2.75) is 24.8 Å². The number of carbonyl (C=O) groups excluding carboxylic acids is 1. The summed E-state index contributed by atoms with van der Waals surface area (Å²) in [7, 11) is 1.78. The Morgan fingerprint density at radius 1 is 1.38 bits per heavy atom. The van der Waals surface area contributed by atoms with Gasteiger partial charge in [-0.1, -0.05) is 25.4 Å². The molecule has 1 unspecified atom stereocenters. The van der Waals surface area contributed by atoms with E-state index in [0.29, 0.717) is 0 Å². The van der Waals surface area contributed by atoms with Gasteiger partial charge in [0.15, 0.2) is 0 Å². The van der Waals surface area contributed by atoms with Crippen LogP contribution in [0.15, 0.2) is 17.0 Å². The highest BCUT2D eigenvalue weighted by molar-refractivity contribution is 7.99. The molecular weight excluding hydrogens is 306 g/mol. The van der Waals surface area contributed by atoms with Crippen LogP contribution in [-0.2, 0) is 4.79 Å². The van der Waals surface area contributed by atoms with E-state index in [0.717, 1.165) is 46.6 Å². The lowest BCUT2D eigenvalue weighted by Crippen LogP contribution is -2.25. The molecule has 1 aliphatic heterocycles. The summed E-state index contributed by atoms with van der Waals surface area (Å²) in [6.07, 6.45) is 0. The lowest BCUT2D eigenvalue weighted by Gasteiger charge is -2.17. The van der Waals surface area contributed by atoms with Gasteiger partial charge in [-0.15, -0.1) is 11.8 Å². The molecule has 1 heterocycles. The number of anilines is 1. The molecule has 0 bridgehead atoms. The minimum atomic E-state index is -0.299. The summed E-state index contributed by atoms with van der Waals surface area (Å²) >= 11 is 8.10. The first kappa shape index (κ1) is 16.6. The van der Waals surface area contributed by atoms with E-state index in [2.05, 4.69) is 29.4 Å². The number of halogens is 1. The number of nitrogens with one attached hydrogen (secondary N) is 2. The number of nitrogens with zero attached hydrogens (tertiary/aromatic N) is 1. The highest BCUT2D eigenvalue weighted by atomic mass is 35.5. The Balaban J connectivity index is 2.06. The molecule has 0 saturated heterocycles. The van der Waals surface area contributed by atoms with Crippen molar-refractivity contribution in [2.75, 3.05) is 37.8 Å². The van der Waals surface area contributed by atoms with Crippen molar-refractivity contribution < 1.29 is 4.79 Å². The van der Waals surface area contributed by atoms with Crippen molar-refractivity contribution in [3.05, 3.63) is 22.7 Å². The molecule has 1 amide bonds. The van der Waals surface area contributed by atoms with E-state index in [-0.39, 0.29) is 11.9 Å². The molecule has 21 heavy (non-hydrogen) atoms. The van der Waals surface area contributed by atoms with E-state index < -0.39 is 0 Å². The predicted molar refractivity (Wildman–Crippen MR) is 90.4 cm³/mol. The molecule has 0 aliphatic carbocycles. The Morgan fingerprint density at radius 3 is 2.71 bits per heavy atom. The number of rotatable bonds is 7. The highest BCUT2D eigenvalue weighted by Gasteiger charge is 2.30. The fourth-order valence-corrected chi connectivity index (χ4v) is 3.79. The van der Waals surface area contributed by atoms with E-state index in [1.807, 2.05) is 12.1 Å².